The van der Waals surface area contributed by atoms with Crippen LogP contribution in [0, 0.1) is 6.92 Å². The molecule has 3 N–H and O–H groups in total. The van der Waals surface area contributed by atoms with Crippen LogP contribution in [0.1, 0.15) is 5.56 Å². The number of phenols is 1. The van der Waals surface area contributed by atoms with E-state index >= 15 is 0 Å². The minimum Gasteiger partial charge on any atom is -0.504 e. The van der Waals surface area contributed by atoms with Crippen molar-refractivity contribution >= 4 is 33.1 Å². The van der Waals surface area contributed by atoms with E-state index in [1.807, 2.05) is 0 Å². The molecule has 7 nitrogen and oxygen atoms in total. The molecule has 3 heterocycles. The average molecular weight is 361 g/mol. The standard InChI is InChI=1S/C20H15N3O4/c1-9-13(24)6-4-11-17-19(27-18(9)11)16(12-8-21-23-20(12)22-17)10-3-5-14(25)15(7-10)26-2/h3-8,25H,1-2H3,(H2,21,22,23). The fraction of sp³-hybridized carbons (Fsp3) is 0.100. The number of pyridine rings is 1. The lowest BCUT2D eigenvalue weighted by Crippen LogP contribution is -2.01. The van der Waals surface area contributed by atoms with E-state index < -0.39 is 0 Å². The second-order valence-electron chi connectivity index (χ2n) is 6.39. The molecule has 0 amide bonds. The van der Waals surface area contributed by atoms with Gasteiger partial charge >= 0.3 is 0 Å². The number of rotatable bonds is 2. The van der Waals surface area contributed by atoms with Crippen molar-refractivity contribution in [2.24, 2.45) is 0 Å². The minimum absolute atomic E-state index is 0.0554. The highest BCUT2D eigenvalue weighted by Crippen LogP contribution is 2.41. The fourth-order valence-corrected chi connectivity index (χ4v) is 3.49. The molecule has 0 unspecified atom stereocenters. The predicted molar refractivity (Wildman–Crippen MR) is 102 cm³/mol. The molecule has 5 rings (SSSR count). The summed E-state index contributed by atoms with van der Waals surface area (Å²) in [6.45, 7) is 1.75. The second-order valence-corrected chi connectivity index (χ2v) is 6.39. The van der Waals surface area contributed by atoms with E-state index in [1.54, 1.807) is 37.4 Å². The Morgan fingerprint density at radius 3 is 2.81 bits per heavy atom. The molecule has 27 heavy (non-hydrogen) atoms. The highest BCUT2D eigenvalue weighted by atomic mass is 16.5. The van der Waals surface area contributed by atoms with Crippen LogP contribution < -0.4 is 10.2 Å². The summed E-state index contributed by atoms with van der Waals surface area (Å²) < 4.78 is 11.4. The number of ether oxygens (including phenoxy) is 1. The number of methoxy groups -OCH3 is 1. The molecule has 2 aromatic carbocycles. The Morgan fingerprint density at radius 2 is 2.00 bits per heavy atom. The number of furan rings is 1. The number of aryl methyl sites for hydroxylation is 1. The van der Waals surface area contributed by atoms with E-state index in [1.165, 1.54) is 13.2 Å². The van der Waals surface area contributed by atoms with Gasteiger partial charge < -0.3 is 19.4 Å². The molecule has 0 radical (unpaired) electrons. The zero-order valence-corrected chi connectivity index (χ0v) is 14.6. The number of fused-ring (bicyclic) bond motifs is 4. The van der Waals surface area contributed by atoms with E-state index in [2.05, 4.69) is 15.2 Å². The lowest BCUT2D eigenvalue weighted by atomic mass is 10.0. The van der Waals surface area contributed by atoms with Gasteiger partial charge in [-0.05, 0) is 36.8 Å². The quantitative estimate of drug-likeness (QED) is 0.443. The van der Waals surface area contributed by atoms with Crippen molar-refractivity contribution in [3.63, 3.8) is 0 Å². The predicted octanol–water partition coefficient (Wildman–Crippen LogP) is 3.84. The smallest absolute Gasteiger partial charge is 0.185 e. The molecule has 134 valence electrons. The Hall–Kier alpha value is -3.74. The van der Waals surface area contributed by atoms with Gasteiger partial charge in [0.25, 0.3) is 0 Å². The molecule has 7 heteroatoms. The summed E-state index contributed by atoms with van der Waals surface area (Å²) in [4.78, 5) is 16.7. The highest BCUT2D eigenvalue weighted by Gasteiger charge is 2.20. The lowest BCUT2D eigenvalue weighted by Gasteiger charge is -2.08. The van der Waals surface area contributed by atoms with Crippen LogP contribution in [0.2, 0.25) is 0 Å². The maximum atomic E-state index is 12.0. The van der Waals surface area contributed by atoms with Gasteiger partial charge in [0.2, 0.25) is 0 Å². The summed E-state index contributed by atoms with van der Waals surface area (Å²) in [7, 11) is 1.50. The molecule has 0 bridgehead atoms. The highest BCUT2D eigenvalue weighted by molar-refractivity contribution is 6.14. The molecular weight excluding hydrogens is 346 g/mol. The van der Waals surface area contributed by atoms with Crippen LogP contribution in [0.4, 0.5) is 0 Å². The first kappa shape index (κ1) is 15.5. The fourth-order valence-electron chi connectivity index (χ4n) is 3.49. The van der Waals surface area contributed by atoms with Crippen molar-refractivity contribution in [3.05, 3.63) is 52.3 Å². The topological polar surface area (TPSA) is 104 Å². The number of hydrogen-bond donors (Lipinski definition) is 3. The Labute approximate surface area is 152 Å². The van der Waals surface area contributed by atoms with Gasteiger partial charge in [-0.15, -0.1) is 0 Å². The molecule has 3 aromatic heterocycles. The number of H-pyrrole nitrogens is 2. The zero-order valence-electron chi connectivity index (χ0n) is 14.6. The van der Waals surface area contributed by atoms with Crippen LogP contribution >= 0.6 is 0 Å². The molecule has 0 fully saturated rings. The van der Waals surface area contributed by atoms with Crippen molar-refractivity contribution in [2.45, 2.75) is 6.92 Å². The zero-order chi connectivity index (χ0) is 18.7. The first-order chi connectivity index (χ1) is 13.1. The Kier molecular flexibility index (Phi) is 3.09. The molecule has 5 aromatic rings. The number of phenolic OH excluding ortho intramolecular Hbond substituents is 1. The third-order valence-corrected chi connectivity index (χ3v) is 4.88. The van der Waals surface area contributed by atoms with E-state index in [9.17, 15) is 9.90 Å². The van der Waals surface area contributed by atoms with Crippen molar-refractivity contribution < 1.29 is 14.3 Å². The summed E-state index contributed by atoms with van der Waals surface area (Å²) >= 11 is 0. The largest absolute Gasteiger partial charge is 0.504 e. The summed E-state index contributed by atoms with van der Waals surface area (Å²) in [6.07, 6.45) is 1.80. The average Bonchev–Trinajstić information content (AvgIpc) is 3.28. The van der Waals surface area contributed by atoms with Gasteiger partial charge in [-0.1, -0.05) is 6.07 Å². The summed E-state index contributed by atoms with van der Waals surface area (Å²) in [5.41, 5.74) is 4.52. The maximum Gasteiger partial charge on any atom is 0.185 e. The van der Waals surface area contributed by atoms with Crippen LogP contribution in [0.25, 0.3) is 44.2 Å². The molecule has 0 saturated carbocycles. The molecule has 0 aliphatic heterocycles. The lowest BCUT2D eigenvalue weighted by molar-refractivity contribution is 0.373. The van der Waals surface area contributed by atoms with Crippen LogP contribution in [0.3, 0.4) is 0 Å². The van der Waals surface area contributed by atoms with Crippen molar-refractivity contribution in [3.8, 4) is 22.6 Å². The first-order valence-corrected chi connectivity index (χ1v) is 8.37. The van der Waals surface area contributed by atoms with E-state index in [4.69, 9.17) is 9.15 Å². The van der Waals surface area contributed by atoms with Gasteiger partial charge in [-0.3, -0.25) is 9.89 Å². The number of nitrogens with zero attached hydrogens (tertiary/aromatic N) is 1. The van der Waals surface area contributed by atoms with Crippen LogP contribution in [-0.2, 0) is 0 Å². The van der Waals surface area contributed by atoms with Gasteiger partial charge in [-0.2, -0.15) is 0 Å². The van der Waals surface area contributed by atoms with Crippen molar-refractivity contribution in [1.29, 1.82) is 0 Å². The van der Waals surface area contributed by atoms with Crippen LogP contribution in [0.15, 0.2) is 45.7 Å². The van der Waals surface area contributed by atoms with Gasteiger partial charge in [-0.25, -0.2) is 4.98 Å². The SMILES string of the molecule is COc1cc(-c2c3c[nH][nH]c3nc3c2oc2c(C)c(=O)ccc23)ccc1O. The molecule has 0 saturated heterocycles. The first-order valence-electron chi connectivity index (χ1n) is 8.37. The molecule has 0 aliphatic carbocycles. The van der Waals surface area contributed by atoms with Gasteiger partial charge in [0.15, 0.2) is 28.2 Å². The summed E-state index contributed by atoms with van der Waals surface area (Å²) in [6, 6.07) is 8.38. The van der Waals surface area contributed by atoms with E-state index in [0.29, 0.717) is 33.6 Å². The van der Waals surface area contributed by atoms with Crippen molar-refractivity contribution in [2.75, 3.05) is 7.11 Å². The number of aromatic hydroxyl groups is 1. The normalized spacial score (nSPS) is 11.6. The summed E-state index contributed by atoms with van der Waals surface area (Å²) in [5.74, 6) is 0.416. The van der Waals surface area contributed by atoms with E-state index in [-0.39, 0.29) is 11.2 Å². The Balaban J connectivity index is 1.98. The second kappa shape index (κ2) is 5.38. The molecule has 0 atom stereocenters. The molecule has 0 aliphatic rings. The van der Waals surface area contributed by atoms with Crippen molar-refractivity contribution in [1.82, 2.24) is 15.2 Å². The Bertz CT molecular complexity index is 1410. The molecular formula is C20H15N3O4. The van der Waals surface area contributed by atoms with Gasteiger partial charge in [0, 0.05) is 28.1 Å². The number of aromatic amines is 2. The third kappa shape index (κ3) is 2.08. The Morgan fingerprint density at radius 1 is 1.15 bits per heavy atom. The number of aromatic nitrogens is 3. The maximum absolute atomic E-state index is 12.0. The van der Waals surface area contributed by atoms with Gasteiger partial charge in [0.05, 0.1) is 7.11 Å². The van der Waals surface area contributed by atoms with Gasteiger partial charge in [0.1, 0.15) is 11.1 Å². The number of nitrogens with one attached hydrogen (secondary N) is 2. The third-order valence-electron chi connectivity index (χ3n) is 4.88. The monoisotopic (exact) mass is 361 g/mol. The molecule has 0 spiro atoms. The number of benzene rings is 2. The van der Waals surface area contributed by atoms with Crippen LogP contribution in [0.5, 0.6) is 11.5 Å². The summed E-state index contributed by atoms with van der Waals surface area (Å²) in [5, 5.41) is 17.5. The van der Waals surface area contributed by atoms with Crippen LogP contribution in [-0.4, -0.2) is 27.4 Å². The number of hydrogen-bond acceptors (Lipinski definition) is 5. The minimum atomic E-state index is -0.0756. The van der Waals surface area contributed by atoms with E-state index in [0.717, 1.165) is 21.9 Å².